The fourth-order valence-corrected chi connectivity index (χ4v) is 3.59. The van der Waals surface area contributed by atoms with Gasteiger partial charge in [-0.15, -0.1) is 11.3 Å². The summed E-state index contributed by atoms with van der Waals surface area (Å²) >= 11 is 2.61. The minimum absolute atomic E-state index is 0.175. The highest BCUT2D eigenvalue weighted by Gasteiger charge is 2.11. The van der Waals surface area contributed by atoms with Crippen LogP contribution in [0, 0.1) is 0 Å². The van der Waals surface area contributed by atoms with Crippen molar-refractivity contribution in [3.63, 3.8) is 0 Å². The van der Waals surface area contributed by atoms with Crippen LogP contribution < -0.4 is 10.9 Å². The first-order valence-corrected chi connectivity index (χ1v) is 8.95. The average Bonchev–Trinajstić information content (AvgIpc) is 3.28. The quantitative estimate of drug-likeness (QED) is 0.597. The van der Waals surface area contributed by atoms with Crippen LogP contribution in [-0.4, -0.2) is 24.4 Å². The van der Waals surface area contributed by atoms with E-state index in [1.54, 1.807) is 18.2 Å². The number of amides is 1. The van der Waals surface area contributed by atoms with Gasteiger partial charge in [0, 0.05) is 6.07 Å². The van der Waals surface area contributed by atoms with Crippen molar-refractivity contribution in [2.75, 3.05) is 5.32 Å². The summed E-state index contributed by atoms with van der Waals surface area (Å²) in [5.41, 5.74) is 2.25. The van der Waals surface area contributed by atoms with Crippen molar-refractivity contribution >= 4 is 45.7 Å². The Labute approximate surface area is 149 Å². The SMILES string of the molecule is O=C(Cn1nc(-c2cccs2)ccc1=O)Nc1cccc2nsnc12. The number of benzene rings is 1. The lowest BCUT2D eigenvalue weighted by Crippen LogP contribution is -2.29. The predicted molar refractivity (Wildman–Crippen MR) is 97.9 cm³/mol. The molecule has 0 atom stereocenters. The maximum absolute atomic E-state index is 12.3. The number of fused-ring (bicyclic) bond motifs is 1. The number of carbonyl (C=O) groups excluding carboxylic acids is 1. The molecule has 0 unspecified atom stereocenters. The maximum atomic E-state index is 12.3. The molecule has 1 amide bonds. The molecule has 4 rings (SSSR count). The van der Waals surface area contributed by atoms with Crippen molar-refractivity contribution < 1.29 is 4.79 Å². The zero-order chi connectivity index (χ0) is 17.2. The Kier molecular flexibility index (Phi) is 4.08. The van der Waals surface area contributed by atoms with Gasteiger partial charge in [0.25, 0.3) is 5.56 Å². The highest BCUT2D eigenvalue weighted by molar-refractivity contribution is 7.13. The van der Waals surface area contributed by atoms with Gasteiger partial charge < -0.3 is 5.32 Å². The zero-order valence-corrected chi connectivity index (χ0v) is 14.4. The second-order valence-electron chi connectivity index (χ2n) is 5.18. The average molecular weight is 369 g/mol. The first-order valence-electron chi connectivity index (χ1n) is 7.34. The molecular formula is C16H11N5O2S2. The molecule has 0 aliphatic heterocycles. The molecule has 0 spiro atoms. The van der Waals surface area contributed by atoms with E-state index in [4.69, 9.17) is 0 Å². The monoisotopic (exact) mass is 369 g/mol. The van der Waals surface area contributed by atoms with E-state index >= 15 is 0 Å². The second-order valence-corrected chi connectivity index (χ2v) is 6.65. The zero-order valence-electron chi connectivity index (χ0n) is 12.7. The highest BCUT2D eigenvalue weighted by atomic mass is 32.1. The Morgan fingerprint density at radius 3 is 2.88 bits per heavy atom. The molecule has 0 aliphatic rings. The van der Waals surface area contributed by atoms with Crippen LogP contribution in [0.3, 0.4) is 0 Å². The van der Waals surface area contributed by atoms with Gasteiger partial charge in [0.1, 0.15) is 23.3 Å². The Bertz CT molecular complexity index is 1100. The van der Waals surface area contributed by atoms with E-state index in [-0.39, 0.29) is 18.0 Å². The highest BCUT2D eigenvalue weighted by Crippen LogP contribution is 2.22. The van der Waals surface area contributed by atoms with Crippen molar-refractivity contribution in [3.05, 3.63) is 58.2 Å². The molecule has 0 aliphatic carbocycles. The van der Waals surface area contributed by atoms with Crippen molar-refractivity contribution in [3.8, 4) is 10.6 Å². The summed E-state index contributed by atoms with van der Waals surface area (Å²) < 4.78 is 9.47. The lowest BCUT2D eigenvalue weighted by molar-refractivity contribution is -0.117. The first-order chi connectivity index (χ1) is 12.2. The summed E-state index contributed by atoms with van der Waals surface area (Å²) in [6, 6.07) is 12.3. The van der Waals surface area contributed by atoms with Gasteiger partial charge in [-0.05, 0) is 29.6 Å². The molecule has 1 aromatic carbocycles. The maximum Gasteiger partial charge on any atom is 0.267 e. The third-order valence-corrected chi connectivity index (χ3v) is 4.93. The molecule has 124 valence electrons. The van der Waals surface area contributed by atoms with E-state index in [2.05, 4.69) is 19.2 Å². The molecule has 0 saturated heterocycles. The number of nitrogens with one attached hydrogen (secondary N) is 1. The summed E-state index contributed by atoms with van der Waals surface area (Å²) in [5.74, 6) is -0.349. The van der Waals surface area contributed by atoms with Gasteiger partial charge in [-0.2, -0.15) is 13.8 Å². The minimum atomic E-state index is -0.349. The van der Waals surface area contributed by atoms with Gasteiger partial charge in [-0.1, -0.05) is 12.1 Å². The van der Waals surface area contributed by atoms with Crippen LogP contribution in [0.2, 0.25) is 0 Å². The van der Waals surface area contributed by atoms with E-state index < -0.39 is 0 Å². The smallest absolute Gasteiger partial charge is 0.267 e. The number of aromatic nitrogens is 4. The summed E-state index contributed by atoms with van der Waals surface area (Å²) in [6.45, 7) is -0.175. The third kappa shape index (κ3) is 3.19. The number of hydrogen-bond donors (Lipinski definition) is 1. The number of thiophene rings is 1. The first kappa shape index (κ1) is 15.6. The van der Waals surface area contributed by atoms with E-state index in [1.807, 2.05) is 23.6 Å². The molecule has 0 saturated carbocycles. The van der Waals surface area contributed by atoms with E-state index in [0.29, 0.717) is 16.9 Å². The summed E-state index contributed by atoms with van der Waals surface area (Å²) in [6.07, 6.45) is 0. The van der Waals surface area contributed by atoms with Crippen molar-refractivity contribution in [1.29, 1.82) is 0 Å². The standard InChI is InChI=1S/C16H11N5O2S2/c22-14(17-11-3-1-4-12-16(11)20-25-19-12)9-21-15(23)7-6-10(18-21)13-5-2-8-24-13/h1-8H,9H2,(H,17,22). The Balaban J connectivity index is 1.58. The molecule has 1 N–H and O–H groups in total. The number of rotatable bonds is 4. The lowest BCUT2D eigenvalue weighted by atomic mass is 10.2. The van der Waals surface area contributed by atoms with E-state index in [0.717, 1.165) is 26.8 Å². The van der Waals surface area contributed by atoms with Crippen LogP contribution in [0.15, 0.2) is 52.6 Å². The van der Waals surface area contributed by atoms with Crippen LogP contribution in [-0.2, 0) is 11.3 Å². The molecule has 3 aromatic heterocycles. The molecule has 9 heteroatoms. The minimum Gasteiger partial charge on any atom is -0.322 e. The second kappa shape index (κ2) is 6.54. The molecule has 0 bridgehead atoms. The van der Waals surface area contributed by atoms with Gasteiger partial charge >= 0.3 is 0 Å². The van der Waals surface area contributed by atoms with Crippen molar-refractivity contribution in [2.45, 2.75) is 6.54 Å². The van der Waals surface area contributed by atoms with Gasteiger partial charge in [-0.25, -0.2) is 4.68 Å². The molecule has 0 fully saturated rings. The van der Waals surface area contributed by atoms with E-state index in [1.165, 1.54) is 17.4 Å². The number of nitrogens with zero attached hydrogens (tertiary/aromatic N) is 4. The van der Waals surface area contributed by atoms with Crippen LogP contribution in [0.4, 0.5) is 5.69 Å². The van der Waals surface area contributed by atoms with Gasteiger partial charge in [0.2, 0.25) is 5.91 Å². The van der Waals surface area contributed by atoms with Gasteiger partial charge in [-0.3, -0.25) is 9.59 Å². The Hall–Kier alpha value is -2.91. The molecule has 3 heterocycles. The Morgan fingerprint density at radius 1 is 1.12 bits per heavy atom. The molecule has 4 aromatic rings. The molecular weight excluding hydrogens is 358 g/mol. The Morgan fingerprint density at radius 2 is 2.04 bits per heavy atom. The van der Waals surface area contributed by atoms with Gasteiger partial charge in [0.15, 0.2) is 0 Å². The fourth-order valence-electron chi connectivity index (χ4n) is 2.35. The summed E-state index contributed by atoms with van der Waals surface area (Å²) in [4.78, 5) is 25.3. The molecule has 25 heavy (non-hydrogen) atoms. The lowest BCUT2D eigenvalue weighted by Gasteiger charge is -2.08. The summed E-state index contributed by atoms with van der Waals surface area (Å²) in [7, 11) is 0. The van der Waals surface area contributed by atoms with E-state index in [9.17, 15) is 9.59 Å². The topological polar surface area (TPSA) is 89.8 Å². The van der Waals surface area contributed by atoms with Crippen molar-refractivity contribution in [2.24, 2.45) is 0 Å². The molecule has 7 nitrogen and oxygen atoms in total. The van der Waals surface area contributed by atoms with Gasteiger partial charge in [0.05, 0.1) is 22.3 Å². The fraction of sp³-hybridized carbons (Fsp3) is 0.0625. The number of carbonyl (C=O) groups is 1. The third-order valence-electron chi connectivity index (χ3n) is 3.49. The largest absolute Gasteiger partial charge is 0.322 e. The van der Waals surface area contributed by atoms with Crippen LogP contribution in [0.5, 0.6) is 0 Å². The number of anilines is 1. The molecule has 0 radical (unpaired) electrons. The normalized spacial score (nSPS) is 10.9. The number of hydrogen-bond acceptors (Lipinski definition) is 7. The summed E-state index contributed by atoms with van der Waals surface area (Å²) in [5, 5.41) is 8.98. The predicted octanol–water partition coefficient (Wildman–Crippen LogP) is 2.62. The van der Waals surface area contributed by atoms with Crippen LogP contribution >= 0.6 is 23.1 Å². The van der Waals surface area contributed by atoms with Crippen molar-refractivity contribution in [1.82, 2.24) is 18.5 Å². The van der Waals surface area contributed by atoms with Crippen LogP contribution in [0.1, 0.15) is 0 Å². The van der Waals surface area contributed by atoms with Crippen LogP contribution in [0.25, 0.3) is 21.6 Å².